The van der Waals surface area contributed by atoms with Gasteiger partial charge in [0.1, 0.15) is 13.2 Å². The minimum absolute atomic E-state index is 0.0634. The average Bonchev–Trinajstić information content (AvgIpc) is 3.19. The van der Waals surface area contributed by atoms with Crippen molar-refractivity contribution in [2.45, 2.75) is 291 Å². The molecule has 0 radical (unpaired) electrons. The molecule has 0 saturated carbocycles. The number of hydrogen-bond donors (Lipinski definition) is 0. The van der Waals surface area contributed by atoms with Gasteiger partial charge < -0.3 is 14.2 Å². The van der Waals surface area contributed by atoms with Gasteiger partial charge in [0, 0.05) is 19.3 Å². The minimum atomic E-state index is -0.758. The molecule has 0 aliphatic carbocycles. The Bertz CT molecular complexity index is 857. The predicted molar refractivity (Wildman–Crippen MR) is 243 cm³/mol. The molecule has 0 unspecified atom stereocenters. The fraction of sp³-hybridized carbons (Fsp3) is 0.941. The van der Waals surface area contributed by atoms with Crippen molar-refractivity contribution in [2.24, 2.45) is 5.92 Å². The number of rotatable bonds is 46. The maximum absolute atomic E-state index is 12.7. The van der Waals surface area contributed by atoms with Crippen LogP contribution in [-0.2, 0) is 28.6 Å². The second-order valence-corrected chi connectivity index (χ2v) is 17.9. The van der Waals surface area contributed by atoms with Crippen molar-refractivity contribution < 1.29 is 28.6 Å². The molecule has 0 aliphatic rings. The number of carbonyl (C=O) groups is 3. The second kappa shape index (κ2) is 45.5. The molecular weight excluding hydrogens is 709 g/mol. The van der Waals surface area contributed by atoms with Gasteiger partial charge in [0.25, 0.3) is 0 Å². The Morgan fingerprint density at radius 3 is 0.860 bits per heavy atom. The Morgan fingerprint density at radius 2 is 0.579 bits per heavy atom. The summed E-state index contributed by atoms with van der Waals surface area (Å²) >= 11 is 0. The topological polar surface area (TPSA) is 78.9 Å². The second-order valence-electron chi connectivity index (χ2n) is 17.9. The van der Waals surface area contributed by atoms with Crippen molar-refractivity contribution in [3.8, 4) is 0 Å². The number of carbonyl (C=O) groups excluding carboxylic acids is 3. The smallest absolute Gasteiger partial charge is 0.306 e. The molecule has 0 aromatic heterocycles. The molecule has 0 amide bonds. The number of unbranched alkanes of at least 4 members (excludes halogenated alkanes) is 33. The molecule has 6 nitrogen and oxygen atoms in total. The molecule has 338 valence electrons. The maximum atomic E-state index is 12.7. The Labute approximate surface area is 355 Å². The van der Waals surface area contributed by atoms with E-state index in [1.165, 1.54) is 180 Å². The van der Waals surface area contributed by atoms with E-state index in [-0.39, 0.29) is 31.1 Å². The third-order valence-electron chi connectivity index (χ3n) is 11.5. The fourth-order valence-electron chi connectivity index (χ4n) is 7.69. The molecule has 0 aliphatic heterocycles. The summed E-state index contributed by atoms with van der Waals surface area (Å²) in [5.41, 5.74) is 0. The average molecular weight is 807 g/mol. The van der Waals surface area contributed by atoms with E-state index in [9.17, 15) is 14.4 Å². The first-order valence-electron chi connectivity index (χ1n) is 25.4. The molecule has 0 heterocycles. The highest BCUT2D eigenvalue weighted by molar-refractivity contribution is 5.71. The Morgan fingerprint density at radius 1 is 0.333 bits per heavy atom. The minimum Gasteiger partial charge on any atom is -0.462 e. The van der Waals surface area contributed by atoms with Gasteiger partial charge in [0.05, 0.1) is 0 Å². The van der Waals surface area contributed by atoms with Crippen LogP contribution < -0.4 is 0 Å². The first-order chi connectivity index (χ1) is 27.9. The lowest BCUT2D eigenvalue weighted by Crippen LogP contribution is -2.30. The summed E-state index contributed by atoms with van der Waals surface area (Å²) < 4.78 is 16.7. The molecule has 6 heteroatoms. The summed E-state index contributed by atoms with van der Waals surface area (Å²) in [4.78, 5) is 37.7. The van der Waals surface area contributed by atoms with E-state index in [0.29, 0.717) is 19.3 Å². The highest BCUT2D eigenvalue weighted by atomic mass is 16.6. The van der Waals surface area contributed by atoms with Crippen LogP contribution >= 0.6 is 0 Å². The Balaban J connectivity index is 4.13. The van der Waals surface area contributed by atoms with E-state index in [0.717, 1.165) is 63.7 Å². The van der Waals surface area contributed by atoms with Gasteiger partial charge in [-0.1, -0.05) is 246 Å². The van der Waals surface area contributed by atoms with Crippen molar-refractivity contribution >= 4 is 17.9 Å². The summed E-state index contributed by atoms with van der Waals surface area (Å²) in [6.07, 6.45) is 46.8. The zero-order chi connectivity index (χ0) is 41.7. The van der Waals surface area contributed by atoms with Gasteiger partial charge in [-0.05, 0) is 25.2 Å². The third-order valence-corrected chi connectivity index (χ3v) is 11.5. The van der Waals surface area contributed by atoms with E-state index in [2.05, 4.69) is 27.7 Å². The summed E-state index contributed by atoms with van der Waals surface area (Å²) in [7, 11) is 0. The van der Waals surface area contributed by atoms with Crippen molar-refractivity contribution in [1.82, 2.24) is 0 Å². The van der Waals surface area contributed by atoms with Crippen LogP contribution in [0.2, 0.25) is 0 Å². The first-order valence-corrected chi connectivity index (χ1v) is 25.4. The number of esters is 3. The monoisotopic (exact) mass is 807 g/mol. The van der Waals surface area contributed by atoms with E-state index in [1.807, 2.05) is 0 Å². The molecule has 0 bridgehead atoms. The first kappa shape index (κ1) is 55.4. The van der Waals surface area contributed by atoms with E-state index in [4.69, 9.17) is 14.2 Å². The van der Waals surface area contributed by atoms with Gasteiger partial charge in [-0.15, -0.1) is 0 Å². The Kier molecular flexibility index (Phi) is 44.2. The molecule has 0 aromatic carbocycles. The molecule has 0 saturated heterocycles. The quantitative estimate of drug-likeness (QED) is 0.0346. The SMILES string of the molecule is CCCCCCCCCCCCCC(=O)OC[C@@H](COC(=O)CCCCCCCCC)OC(=O)CCCCCCCCCCCCCCCCCCCCC(C)C. The van der Waals surface area contributed by atoms with Crippen LogP contribution in [0, 0.1) is 5.92 Å². The molecule has 0 fully saturated rings. The Hall–Kier alpha value is -1.59. The maximum Gasteiger partial charge on any atom is 0.306 e. The fourth-order valence-corrected chi connectivity index (χ4v) is 7.69. The van der Waals surface area contributed by atoms with Gasteiger partial charge in [0.2, 0.25) is 0 Å². The van der Waals surface area contributed by atoms with Crippen LogP contribution in [0.4, 0.5) is 0 Å². The lowest BCUT2D eigenvalue weighted by molar-refractivity contribution is -0.167. The highest BCUT2D eigenvalue weighted by Crippen LogP contribution is 2.17. The van der Waals surface area contributed by atoms with Crippen LogP contribution in [0.5, 0.6) is 0 Å². The molecule has 0 rings (SSSR count). The van der Waals surface area contributed by atoms with Gasteiger partial charge in [-0.2, -0.15) is 0 Å². The number of ether oxygens (including phenoxy) is 3. The van der Waals surface area contributed by atoms with Crippen molar-refractivity contribution in [3.05, 3.63) is 0 Å². The van der Waals surface area contributed by atoms with Gasteiger partial charge in [-0.25, -0.2) is 0 Å². The summed E-state index contributed by atoms with van der Waals surface area (Å²) in [5.74, 6) is 0.00429. The standard InChI is InChI=1S/C51H98O6/c1-5-7-9-11-13-14-23-27-31-35-39-43-50(53)56-46-48(45-55-49(52)42-38-34-29-12-10-8-6-2)57-51(54)44-40-36-32-28-25-22-20-18-16-15-17-19-21-24-26-30-33-37-41-47(3)4/h47-48H,5-46H2,1-4H3/t48-/m1/s1. The van der Waals surface area contributed by atoms with Crippen LogP contribution in [0.3, 0.4) is 0 Å². The molecule has 0 aromatic rings. The molecular formula is C51H98O6. The van der Waals surface area contributed by atoms with Gasteiger partial charge in [0.15, 0.2) is 6.10 Å². The summed E-state index contributed by atoms with van der Waals surface area (Å²) in [5, 5.41) is 0. The zero-order valence-corrected chi connectivity index (χ0v) is 38.8. The van der Waals surface area contributed by atoms with Crippen LogP contribution in [0.1, 0.15) is 285 Å². The lowest BCUT2D eigenvalue weighted by atomic mass is 10.0. The third kappa shape index (κ3) is 45.3. The summed E-state index contributed by atoms with van der Waals surface area (Å²) in [6, 6.07) is 0. The predicted octanol–water partition coefficient (Wildman–Crippen LogP) is 16.3. The molecule has 57 heavy (non-hydrogen) atoms. The van der Waals surface area contributed by atoms with Gasteiger partial charge in [-0.3, -0.25) is 14.4 Å². The van der Waals surface area contributed by atoms with Crippen molar-refractivity contribution in [3.63, 3.8) is 0 Å². The zero-order valence-electron chi connectivity index (χ0n) is 38.8. The largest absolute Gasteiger partial charge is 0.462 e. The van der Waals surface area contributed by atoms with E-state index >= 15 is 0 Å². The van der Waals surface area contributed by atoms with Crippen LogP contribution in [0.15, 0.2) is 0 Å². The van der Waals surface area contributed by atoms with E-state index in [1.54, 1.807) is 0 Å². The van der Waals surface area contributed by atoms with E-state index < -0.39 is 6.10 Å². The van der Waals surface area contributed by atoms with Crippen LogP contribution in [0.25, 0.3) is 0 Å². The lowest BCUT2D eigenvalue weighted by Gasteiger charge is -2.18. The van der Waals surface area contributed by atoms with Crippen molar-refractivity contribution in [1.29, 1.82) is 0 Å². The van der Waals surface area contributed by atoms with Crippen molar-refractivity contribution in [2.75, 3.05) is 13.2 Å². The summed E-state index contributed by atoms with van der Waals surface area (Å²) in [6.45, 7) is 8.99. The molecule has 0 N–H and O–H groups in total. The normalized spacial score (nSPS) is 11.9. The van der Waals surface area contributed by atoms with Crippen LogP contribution in [-0.4, -0.2) is 37.2 Å². The van der Waals surface area contributed by atoms with Gasteiger partial charge >= 0.3 is 17.9 Å². The molecule has 1 atom stereocenters. The highest BCUT2D eigenvalue weighted by Gasteiger charge is 2.19. The molecule has 0 spiro atoms. The number of hydrogen-bond acceptors (Lipinski definition) is 6.